The Morgan fingerprint density at radius 3 is 1.85 bits per heavy atom. The lowest BCUT2D eigenvalue weighted by Gasteiger charge is -1.89. The van der Waals surface area contributed by atoms with E-state index in [0.29, 0.717) is 0 Å². The van der Waals surface area contributed by atoms with Crippen LogP contribution in [-0.4, -0.2) is 0 Å². The summed E-state index contributed by atoms with van der Waals surface area (Å²) in [4.78, 5) is 0. The Labute approximate surface area is 88.7 Å². The Hall–Kier alpha value is -0.730. The second-order valence-electron chi connectivity index (χ2n) is 2.44. The van der Waals surface area contributed by atoms with Gasteiger partial charge in [0.2, 0.25) is 0 Å². The first kappa shape index (κ1) is 10.4. The van der Waals surface area contributed by atoms with E-state index in [4.69, 9.17) is 0 Å². The fourth-order valence-electron chi connectivity index (χ4n) is 0.810. The highest BCUT2D eigenvalue weighted by Crippen LogP contribution is 2.00. The molecule has 0 radical (unpaired) electrons. The van der Waals surface area contributed by atoms with Gasteiger partial charge < -0.3 is 0 Å². The highest BCUT2D eigenvalue weighted by Gasteiger charge is 1.80. The van der Waals surface area contributed by atoms with Crippen LogP contribution in [0.5, 0.6) is 0 Å². The summed E-state index contributed by atoms with van der Waals surface area (Å²) in [5.41, 5.74) is 1.27. The number of thiol groups is 1. The standard InChI is InChI=1S/C7H8S.C4H4S/c8-6-7-4-2-1-3-5-7;1-2-4-5-3-1/h1-5,8H,6H2;1-4H. The molecule has 0 aliphatic rings. The molecule has 0 N–H and O–H groups in total. The van der Waals surface area contributed by atoms with Crippen LogP contribution < -0.4 is 0 Å². The Morgan fingerprint density at radius 1 is 0.923 bits per heavy atom. The van der Waals surface area contributed by atoms with Gasteiger partial charge in [-0.05, 0) is 16.3 Å². The summed E-state index contributed by atoms with van der Waals surface area (Å²) in [5.74, 6) is 0.834. The van der Waals surface area contributed by atoms with Crippen molar-refractivity contribution in [3.05, 3.63) is 58.8 Å². The summed E-state index contributed by atoms with van der Waals surface area (Å²) in [7, 11) is 0. The smallest absolute Gasteiger partial charge is 0.0154 e. The predicted octanol–water partition coefficient (Wildman–Crippen LogP) is 3.86. The van der Waals surface area contributed by atoms with Crippen molar-refractivity contribution in [3.63, 3.8) is 0 Å². The van der Waals surface area contributed by atoms with Crippen molar-refractivity contribution in [2.24, 2.45) is 0 Å². The third kappa shape index (κ3) is 4.76. The average Bonchev–Trinajstić information content (AvgIpc) is 2.77. The average molecular weight is 208 g/mol. The largest absolute Gasteiger partial charge is 0.175 e. The molecule has 1 aromatic carbocycles. The van der Waals surface area contributed by atoms with E-state index in [-0.39, 0.29) is 0 Å². The molecule has 0 fully saturated rings. The van der Waals surface area contributed by atoms with Crippen LogP contribution in [0.3, 0.4) is 0 Å². The maximum atomic E-state index is 4.11. The molecule has 0 saturated carbocycles. The van der Waals surface area contributed by atoms with Gasteiger partial charge in [0.25, 0.3) is 0 Å². The topological polar surface area (TPSA) is 0 Å². The lowest BCUT2D eigenvalue weighted by molar-refractivity contribution is 1.43. The first-order valence-corrected chi connectivity index (χ1v) is 5.63. The van der Waals surface area contributed by atoms with Gasteiger partial charge in [-0.15, -0.1) is 0 Å². The van der Waals surface area contributed by atoms with Gasteiger partial charge in [-0.25, -0.2) is 0 Å². The lowest BCUT2D eigenvalue weighted by atomic mass is 10.2. The van der Waals surface area contributed by atoms with E-state index in [1.54, 1.807) is 11.3 Å². The predicted molar refractivity (Wildman–Crippen MR) is 63.5 cm³/mol. The molecule has 68 valence electrons. The zero-order valence-corrected chi connectivity index (χ0v) is 8.97. The fourth-order valence-corrected chi connectivity index (χ4v) is 1.47. The normalized spacial score (nSPS) is 8.69. The van der Waals surface area contributed by atoms with E-state index in [9.17, 15) is 0 Å². The van der Waals surface area contributed by atoms with Gasteiger partial charge in [0.15, 0.2) is 0 Å². The number of rotatable bonds is 1. The molecule has 2 heteroatoms. The van der Waals surface area contributed by atoms with E-state index in [2.05, 4.69) is 24.8 Å². The minimum atomic E-state index is 0.834. The maximum absolute atomic E-state index is 4.11. The molecule has 0 unspecified atom stereocenters. The SMILES string of the molecule is SCc1ccccc1.c1ccsc1. The van der Waals surface area contributed by atoms with Crippen LogP contribution in [0.25, 0.3) is 0 Å². The molecule has 1 heterocycles. The van der Waals surface area contributed by atoms with Crippen molar-refractivity contribution in [1.82, 2.24) is 0 Å². The zero-order chi connectivity index (χ0) is 9.36. The van der Waals surface area contributed by atoms with Crippen molar-refractivity contribution < 1.29 is 0 Å². The maximum Gasteiger partial charge on any atom is 0.0154 e. The van der Waals surface area contributed by atoms with Gasteiger partial charge >= 0.3 is 0 Å². The summed E-state index contributed by atoms with van der Waals surface area (Å²) in [5, 5.41) is 4.08. The third-order valence-electron chi connectivity index (χ3n) is 1.45. The first-order chi connectivity index (χ1) is 6.43. The van der Waals surface area contributed by atoms with E-state index < -0.39 is 0 Å². The van der Waals surface area contributed by atoms with Crippen molar-refractivity contribution in [1.29, 1.82) is 0 Å². The van der Waals surface area contributed by atoms with Gasteiger partial charge in [0.05, 0.1) is 0 Å². The van der Waals surface area contributed by atoms with Crippen molar-refractivity contribution in [3.8, 4) is 0 Å². The molecule has 0 saturated heterocycles. The van der Waals surface area contributed by atoms with Crippen LogP contribution in [0.1, 0.15) is 5.56 Å². The molecule has 2 rings (SSSR count). The lowest BCUT2D eigenvalue weighted by Crippen LogP contribution is -1.71. The summed E-state index contributed by atoms with van der Waals surface area (Å²) in [6.45, 7) is 0. The molecule has 0 atom stereocenters. The molecule has 2 aromatic rings. The molecule has 0 aliphatic carbocycles. The number of benzene rings is 1. The number of hydrogen-bond donors (Lipinski definition) is 1. The second-order valence-corrected chi connectivity index (χ2v) is 3.57. The monoisotopic (exact) mass is 208 g/mol. The molecule has 0 amide bonds. The fraction of sp³-hybridized carbons (Fsp3) is 0.0909. The van der Waals surface area contributed by atoms with Crippen LogP contribution in [0.4, 0.5) is 0 Å². The molecular weight excluding hydrogens is 196 g/mol. The van der Waals surface area contributed by atoms with Crippen LogP contribution in [-0.2, 0) is 5.75 Å². The summed E-state index contributed by atoms with van der Waals surface area (Å²) < 4.78 is 0. The van der Waals surface area contributed by atoms with Gasteiger partial charge in [-0.1, -0.05) is 42.5 Å². The van der Waals surface area contributed by atoms with Gasteiger partial charge in [0, 0.05) is 5.75 Å². The molecule has 0 aliphatic heterocycles. The van der Waals surface area contributed by atoms with E-state index >= 15 is 0 Å². The molecule has 0 bridgehead atoms. The Morgan fingerprint density at radius 2 is 1.54 bits per heavy atom. The molecular formula is C11H12S2. The molecule has 0 spiro atoms. The van der Waals surface area contributed by atoms with Gasteiger partial charge in [-0.3, -0.25) is 0 Å². The minimum absolute atomic E-state index is 0.834. The van der Waals surface area contributed by atoms with E-state index in [1.165, 1.54) is 5.56 Å². The van der Waals surface area contributed by atoms with Crippen LogP contribution >= 0.6 is 24.0 Å². The summed E-state index contributed by atoms with van der Waals surface area (Å²) >= 11 is 5.82. The summed E-state index contributed by atoms with van der Waals surface area (Å²) in [6, 6.07) is 14.2. The molecule has 0 nitrogen and oxygen atoms in total. The molecule has 13 heavy (non-hydrogen) atoms. The summed E-state index contributed by atoms with van der Waals surface area (Å²) in [6.07, 6.45) is 0. The van der Waals surface area contributed by atoms with Crippen LogP contribution in [0.15, 0.2) is 53.2 Å². The first-order valence-electron chi connectivity index (χ1n) is 4.05. The Bertz CT molecular complexity index is 270. The minimum Gasteiger partial charge on any atom is -0.175 e. The Kier molecular flexibility index (Phi) is 5.38. The highest BCUT2D eigenvalue weighted by atomic mass is 32.1. The van der Waals surface area contributed by atoms with Crippen molar-refractivity contribution in [2.75, 3.05) is 0 Å². The van der Waals surface area contributed by atoms with E-state index in [1.807, 2.05) is 41.1 Å². The molecule has 1 aromatic heterocycles. The van der Waals surface area contributed by atoms with Crippen LogP contribution in [0.2, 0.25) is 0 Å². The third-order valence-corrected chi connectivity index (χ3v) is 2.44. The van der Waals surface area contributed by atoms with Gasteiger partial charge in [-0.2, -0.15) is 24.0 Å². The van der Waals surface area contributed by atoms with Crippen molar-refractivity contribution in [2.45, 2.75) is 5.75 Å². The Balaban J connectivity index is 0.000000145. The second kappa shape index (κ2) is 6.75. The number of thiophene rings is 1. The van der Waals surface area contributed by atoms with E-state index in [0.717, 1.165) is 5.75 Å². The highest BCUT2D eigenvalue weighted by molar-refractivity contribution is 7.79. The van der Waals surface area contributed by atoms with Gasteiger partial charge in [0.1, 0.15) is 0 Å². The quantitative estimate of drug-likeness (QED) is 0.676. The van der Waals surface area contributed by atoms with Crippen molar-refractivity contribution >= 4 is 24.0 Å². The number of hydrogen-bond acceptors (Lipinski definition) is 2. The zero-order valence-electron chi connectivity index (χ0n) is 7.26. The van der Waals surface area contributed by atoms with Crippen LogP contribution in [0, 0.1) is 0 Å².